The van der Waals surface area contributed by atoms with E-state index in [4.69, 9.17) is 9.84 Å². The number of rotatable bonds is 6. The number of carboxylic acid groups (broad SMARTS) is 1. The van der Waals surface area contributed by atoms with Crippen molar-refractivity contribution < 1.29 is 23.1 Å². The fraction of sp³-hybridized carbons (Fsp3) is 0.235. The molecule has 6 nitrogen and oxygen atoms in total. The molecule has 2 aromatic carbocycles. The van der Waals surface area contributed by atoms with E-state index in [9.17, 15) is 13.2 Å². The Morgan fingerprint density at radius 1 is 1.12 bits per heavy atom. The van der Waals surface area contributed by atoms with E-state index in [0.29, 0.717) is 11.3 Å². The Balaban J connectivity index is 2.45. The number of aliphatic carboxylic acids is 1. The first-order chi connectivity index (χ1) is 11.2. The summed E-state index contributed by atoms with van der Waals surface area (Å²) < 4.78 is 33.0. The van der Waals surface area contributed by atoms with Crippen LogP contribution in [0.5, 0.6) is 5.75 Å². The van der Waals surface area contributed by atoms with E-state index in [-0.39, 0.29) is 17.1 Å². The van der Waals surface area contributed by atoms with Gasteiger partial charge < -0.3 is 9.84 Å². The van der Waals surface area contributed by atoms with Gasteiger partial charge in [0.15, 0.2) is 0 Å². The molecule has 0 aliphatic rings. The number of carbonyl (C=O) groups is 1. The van der Waals surface area contributed by atoms with E-state index in [1.807, 2.05) is 19.9 Å². The van der Waals surface area contributed by atoms with Crippen LogP contribution in [0, 0.1) is 13.8 Å². The summed E-state index contributed by atoms with van der Waals surface area (Å²) in [5.74, 6) is -0.883. The molecule has 0 unspecified atom stereocenters. The van der Waals surface area contributed by atoms with Crippen molar-refractivity contribution in [2.24, 2.45) is 0 Å². The first-order valence-electron chi connectivity index (χ1n) is 7.21. The quantitative estimate of drug-likeness (QED) is 0.836. The number of ether oxygens (including phenoxy) is 1. The number of methoxy groups -OCH3 is 1. The second-order valence-electron chi connectivity index (χ2n) is 5.54. The molecule has 0 saturated carbocycles. The van der Waals surface area contributed by atoms with Gasteiger partial charge in [-0.3, -0.25) is 9.52 Å². The largest absolute Gasteiger partial charge is 0.495 e. The van der Waals surface area contributed by atoms with Crippen LogP contribution in [-0.2, 0) is 21.2 Å². The maximum absolute atomic E-state index is 12.7. The summed E-state index contributed by atoms with van der Waals surface area (Å²) >= 11 is 0. The number of benzene rings is 2. The molecule has 0 spiro atoms. The summed E-state index contributed by atoms with van der Waals surface area (Å²) in [6.45, 7) is 3.75. The fourth-order valence-corrected chi connectivity index (χ4v) is 3.72. The Morgan fingerprint density at radius 3 is 2.29 bits per heavy atom. The van der Waals surface area contributed by atoms with Crippen LogP contribution in [0.1, 0.15) is 16.7 Å². The summed E-state index contributed by atoms with van der Waals surface area (Å²) in [4.78, 5) is 10.8. The van der Waals surface area contributed by atoms with Crippen LogP contribution in [0.25, 0.3) is 0 Å². The molecule has 0 heterocycles. The van der Waals surface area contributed by atoms with Crippen LogP contribution in [0.15, 0.2) is 41.3 Å². The summed E-state index contributed by atoms with van der Waals surface area (Å²) in [6, 6.07) is 9.68. The van der Waals surface area contributed by atoms with Crippen molar-refractivity contribution >= 4 is 21.7 Å². The number of hydrogen-bond acceptors (Lipinski definition) is 4. The highest BCUT2D eigenvalue weighted by Crippen LogP contribution is 2.27. The molecule has 0 saturated heterocycles. The Labute approximate surface area is 141 Å². The zero-order valence-electron chi connectivity index (χ0n) is 13.7. The topological polar surface area (TPSA) is 92.7 Å². The van der Waals surface area contributed by atoms with E-state index in [0.717, 1.165) is 11.1 Å². The number of aryl methyl sites for hydroxylation is 2. The first kappa shape index (κ1) is 17.8. The molecule has 2 rings (SSSR count). The van der Waals surface area contributed by atoms with E-state index >= 15 is 0 Å². The average Bonchev–Trinajstić information content (AvgIpc) is 2.45. The van der Waals surface area contributed by atoms with Gasteiger partial charge >= 0.3 is 5.97 Å². The van der Waals surface area contributed by atoms with Gasteiger partial charge in [-0.05, 0) is 54.8 Å². The van der Waals surface area contributed by atoms with Crippen LogP contribution in [0.3, 0.4) is 0 Å². The lowest BCUT2D eigenvalue weighted by atomic mass is 10.1. The molecular formula is C17H19NO5S. The fourth-order valence-electron chi connectivity index (χ4n) is 2.46. The molecule has 0 aromatic heterocycles. The highest BCUT2D eigenvalue weighted by Gasteiger charge is 2.21. The smallest absolute Gasteiger partial charge is 0.307 e. The predicted molar refractivity (Wildman–Crippen MR) is 91.1 cm³/mol. The van der Waals surface area contributed by atoms with Crippen molar-refractivity contribution in [1.29, 1.82) is 0 Å². The molecule has 24 heavy (non-hydrogen) atoms. The maximum atomic E-state index is 12.7. The van der Waals surface area contributed by atoms with Crippen LogP contribution in [0.4, 0.5) is 5.69 Å². The Kier molecular flexibility index (Phi) is 5.14. The molecule has 0 amide bonds. The minimum atomic E-state index is -3.92. The molecule has 128 valence electrons. The number of carboxylic acids is 1. The van der Waals surface area contributed by atoms with Gasteiger partial charge in [0, 0.05) is 5.69 Å². The summed E-state index contributed by atoms with van der Waals surface area (Å²) in [6.07, 6.45) is -0.268. The summed E-state index contributed by atoms with van der Waals surface area (Å²) in [5.41, 5.74) is 2.68. The minimum Gasteiger partial charge on any atom is -0.495 e. The molecule has 0 aliphatic carbocycles. The molecule has 0 bridgehead atoms. The van der Waals surface area contributed by atoms with Gasteiger partial charge in [0.1, 0.15) is 10.6 Å². The van der Waals surface area contributed by atoms with Crippen LogP contribution < -0.4 is 9.46 Å². The first-order valence-corrected chi connectivity index (χ1v) is 8.69. The maximum Gasteiger partial charge on any atom is 0.307 e. The number of anilines is 1. The second kappa shape index (κ2) is 6.92. The van der Waals surface area contributed by atoms with Crippen molar-refractivity contribution in [2.45, 2.75) is 25.2 Å². The molecule has 7 heteroatoms. The molecule has 0 atom stereocenters. The van der Waals surface area contributed by atoms with Crippen molar-refractivity contribution in [1.82, 2.24) is 0 Å². The zero-order valence-corrected chi connectivity index (χ0v) is 14.5. The van der Waals surface area contributed by atoms with Gasteiger partial charge in [0.2, 0.25) is 0 Å². The normalized spacial score (nSPS) is 11.1. The minimum absolute atomic E-state index is 0.0945. The highest BCUT2D eigenvalue weighted by molar-refractivity contribution is 7.92. The second-order valence-corrected chi connectivity index (χ2v) is 7.19. The van der Waals surface area contributed by atoms with Gasteiger partial charge in [-0.15, -0.1) is 0 Å². The van der Waals surface area contributed by atoms with Crippen molar-refractivity contribution in [3.05, 3.63) is 53.1 Å². The van der Waals surface area contributed by atoms with Gasteiger partial charge in [0.05, 0.1) is 13.5 Å². The standard InChI is InChI=1S/C17H19NO5S/c1-11-6-12(2)8-14(7-11)18-24(21,22)16-9-13(10-17(19)20)4-5-15(16)23-3/h4-9,18H,10H2,1-3H3,(H,19,20). The van der Waals surface area contributed by atoms with E-state index in [1.165, 1.54) is 25.3 Å². The molecular weight excluding hydrogens is 330 g/mol. The van der Waals surface area contributed by atoms with Gasteiger partial charge in [0.25, 0.3) is 10.0 Å². The number of hydrogen-bond donors (Lipinski definition) is 2. The van der Waals surface area contributed by atoms with E-state index in [1.54, 1.807) is 12.1 Å². The van der Waals surface area contributed by atoms with Crippen molar-refractivity contribution in [3.8, 4) is 5.75 Å². The third-order valence-corrected chi connectivity index (χ3v) is 4.75. The number of sulfonamides is 1. The molecule has 2 aromatic rings. The molecule has 2 N–H and O–H groups in total. The zero-order chi connectivity index (χ0) is 17.9. The van der Waals surface area contributed by atoms with Crippen LogP contribution >= 0.6 is 0 Å². The Morgan fingerprint density at radius 2 is 1.75 bits per heavy atom. The Hall–Kier alpha value is -2.54. The third kappa shape index (κ3) is 4.26. The highest BCUT2D eigenvalue weighted by atomic mass is 32.2. The summed E-state index contributed by atoms with van der Waals surface area (Å²) in [5, 5.41) is 8.89. The summed E-state index contributed by atoms with van der Waals surface area (Å²) in [7, 11) is -2.55. The lowest BCUT2D eigenvalue weighted by molar-refractivity contribution is -0.136. The van der Waals surface area contributed by atoms with Crippen molar-refractivity contribution in [2.75, 3.05) is 11.8 Å². The van der Waals surface area contributed by atoms with Gasteiger partial charge in [-0.25, -0.2) is 8.42 Å². The SMILES string of the molecule is COc1ccc(CC(=O)O)cc1S(=O)(=O)Nc1cc(C)cc(C)c1. The van der Waals surface area contributed by atoms with E-state index < -0.39 is 16.0 Å². The lowest BCUT2D eigenvalue weighted by Crippen LogP contribution is -2.15. The third-order valence-electron chi connectivity index (χ3n) is 3.35. The number of nitrogens with one attached hydrogen (secondary N) is 1. The molecule has 0 radical (unpaired) electrons. The van der Waals surface area contributed by atoms with Crippen LogP contribution in [-0.4, -0.2) is 26.6 Å². The van der Waals surface area contributed by atoms with Crippen LogP contribution in [0.2, 0.25) is 0 Å². The van der Waals surface area contributed by atoms with Gasteiger partial charge in [-0.2, -0.15) is 0 Å². The average molecular weight is 349 g/mol. The molecule has 0 fully saturated rings. The van der Waals surface area contributed by atoms with Gasteiger partial charge in [-0.1, -0.05) is 12.1 Å². The van der Waals surface area contributed by atoms with E-state index in [2.05, 4.69) is 4.72 Å². The lowest BCUT2D eigenvalue weighted by Gasteiger charge is -2.13. The Bertz CT molecular complexity index is 854. The molecule has 0 aliphatic heterocycles. The van der Waals surface area contributed by atoms with Crippen molar-refractivity contribution in [3.63, 3.8) is 0 Å². The monoisotopic (exact) mass is 349 g/mol. The predicted octanol–water partition coefficient (Wildman–Crippen LogP) is 2.74.